The Bertz CT molecular complexity index is 920. The Kier molecular flexibility index (Phi) is 4.19. The second-order valence-electron chi connectivity index (χ2n) is 5.63. The van der Waals surface area contributed by atoms with Gasteiger partial charge in [0, 0.05) is 19.7 Å². The number of benzene rings is 2. The molecule has 0 amide bonds. The van der Waals surface area contributed by atoms with Crippen LogP contribution in [-0.4, -0.2) is 29.2 Å². The summed E-state index contributed by atoms with van der Waals surface area (Å²) in [6.07, 6.45) is 0. The number of fused-ring (bicyclic) bond motifs is 1. The second-order valence-corrected chi connectivity index (χ2v) is 5.63. The van der Waals surface area contributed by atoms with E-state index in [4.69, 9.17) is 0 Å². The van der Waals surface area contributed by atoms with Crippen molar-refractivity contribution in [3.05, 3.63) is 59.7 Å². The molecule has 2 aromatic carbocycles. The van der Waals surface area contributed by atoms with Crippen molar-refractivity contribution in [2.45, 2.75) is 13.4 Å². The first kappa shape index (κ1) is 15.3. The van der Waals surface area contributed by atoms with Crippen LogP contribution in [0.15, 0.2) is 53.5 Å². The van der Waals surface area contributed by atoms with Crippen molar-refractivity contribution in [2.24, 2.45) is 12.0 Å². The summed E-state index contributed by atoms with van der Waals surface area (Å²) in [4.78, 5) is 17.0. The molecule has 0 aliphatic carbocycles. The predicted octanol–water partition coefficient (Wildman–Crippen LogP) is 1.50. The molecule has 0 aliphatic rings. The summed E-state index contributed by atoms with van der Waals surface area (Å²) < 4.78 is 3.99. The number of rotatable bonds is 4. The molecule has 4 nitrogen and oxygen atoms in total. The van der Waals surface area contributed by atoms with Gasteiger partial charge < -0.3 is 9.13 Å². The van der Waals surface area contributed by atoms with Gasteiger partial charge in [-0.25, -0.2) is 0 Å². The van der Waals surface area contributed by atoms with E-state index in [2.05, 4.69) is 11.8 Å². The monoisotopic (exact) mass is 305 g/mol. The second kappa shape index (κ2) is 6.28. The lowest BCUT2D eigenvalue weighted by Gasteiger charge is -2.05. The molecule has 0 fully saturated rings. The standard InChI is InChI=1S/C18H20BN3O/c1-19-14-10-8-13(9-11-14)17(23)12-22-16-7-5-4-6-15(16)21(3)18(22)20-2/h4-11,19H,12H2,1-3H3/b20-18-. The van der Waals surface area contributed by atoms with Crippen LogP contribution in [0.1, 0.15) is 10.4 Å². The quantitative estimate of drug-likeness (QED) is 0.532. The van der Waals surface area contributed by atoms with E-state index in [1.54, 1.807) is 7.05 Å². The van der Waals surface area contributed by atoms with Gasteiger partial charge in [-0.1, -0.05) is 48.7 Å². The number of imidazole rings is 1. The van der Waals surface area contributed by atoms with Crippen LogP contribution < -0.4 is 11.1 Å². The molecule has 3 aromatic rings. The molecule has 0 radical (unpaired) electrons. The Morgan fingerprint density at radius 1 is 1.09 bits per heavy atom. The Morgan fingerprint density at radius 3 is 2.35 bits per heavy atom. The van der Waals surface area contributed by atoms with E-state index in [1.165, 1.54) is 5.46 Å². The highest BCUT2D eigenvalue weighted by Crippen LogP contribution is 2.12. The third-order valence-electron chi connectivity index (χ3n) is 4.26. The molecule has 0 saturated carbocycles. The number of aromatic nitrogens is 2. The van der Waals surface area contributed by atoms with Crippen LogP contribution in [0.4, 0.5) is 0 Å². The Balaban J connectivity index is 2.02. The van der Waals surface area contributed by atoms with Crippen LogP contribution in [0, 0.1) is 0 Å². The third kappa shape index (κ3) is 2.74. The fourth-order valence-corrected chi connectivity index (χ4v) is 2.96. The number of hydrogen-bond donors (Lipinski definition) is 0. The maximum atomic E-state index is 12.7. The zero-order valence-electron chi connectivity index (χ0n) is 13.8. The van der Waals surface area contributed by atoms with Crippen LogP contribution >= 0.6 is 0 Å². The summed E-state index contributed by atoms with van der Waals surface area (Å²) in [5.41, 5.74) is 4.87. The van der Waals surface area contributed by atoms with Crippen molar-refractivity contribution in [2.75, 3.05) is 7.05 Å². The molecule has 5 heteroatoms. The van der Waals surface area contributed by atoms with Crippen LogP contribution in [0.5, 0.6) is 0 Å². The highest BCUT2D eigenvalue weighted by atomic mass is 16.1. The number of para-hydroxylation sites is 2. The number of aryl methyl sites for hydroxylation is 1. The topological polar surface area (TPSA) is 39.3 Å². The van der Waals surface area contributed by atoms with Gasteiger partial charge >= 0.3 is 0 Å². The number of carbonyl (C=O) groups is 1. The molecule has 0 atom stereocenters. The molecule has 1 aromatic heterocycles. The largest absolute Gasteiger partial charge is 0.313 e. The summed E-state index contributed by atoms with van der Waals surface area (Å²) in [6, 6.07) is 15.9. The Hall–Kier alpha value is -2.56. The highest BCUT2D eigenvalue weighted by molar-refractivity contribution is 6.51. The van der Waals surface area contributed by atoms with Crippen molar-refractivity contribution in [3.63, 3.8) is 0 Å². The highest BCUT2D eigenvalue weighted by Gasteiger charge is 2.13. The minimum Gasteiger partial charge on any atom is -0.313 e. The molecule has 23 heavy (non-hydrogen) atoms. The van der Waals surface area contributed by atoms with Gasteiger partial charge in [0.1, 0.15) is 0 Å². The molecule has 0 saturated heterocycles. The third-order valence-corrected chi connectivity index (χ3v) is 4.26. The molecular formula is C18H20BN3O. The molecule has 0 N–H and O–H groups in total. The molecule has 116 valence electrons. The van der Waals surface area contributed by atoms with Crippen LogP contribution in [0.2, 0.25) is 6.82 Å². The van der Waals surface area contributed by atoms with Gasteiger partial charge in [-0.3, -0.25) is 9.79 Å². The van der Waals surface area contributed by atoms with Gasteiger partial charge in [-0.15, -0.1) is 0 Å². The predicted molar refractivity (Wildman–Crippen MR) is 95.8 cm³/mol. The number of hydrogen-bond acceptors (Lipinski definition) is 2. The van der Waals surface area contributed by atoms with Gasteiger partial charge in [-0.2, -0.15) is 0 Å². The maximum absolute atomic E-state index is 12.7. The lowest BCUT2D eigenvalue weighted by Crippen LogP contribution is -2.27. The lowest BCUT2D eigenvalue weighted by molar-refractivity contribution is 0.0972. The van der Waals surface area contributed by atoms with Gasteiger partial charge in [0.15, 0.2) is 13.1 Å². The van der Waals surface area contributed by atoms with Crippen molar-refractivity contribution in [1.29, 1.82) is 0 Å². The first-order chi connectivity index (χ1) is 11.2. The Morgan fingerprint density at radius 2 is 1.74 bits per heavy atom. The van der Waals surface area contributed by atoms with Crippen molar-refractivity contribution in [1.82, 2.24) is 9.13 Å². The smallest absolute Gasteiger partial charge is 0.205 e. The number of nitrogens with zero attached hydrogens (tertiary/aromatic N) is 3. The normalized spacial score (nSPS) is 11.9. The molecule has 3 rings (SSSR count). The average molecular weight is 305 g/mol. The summed E-state index contributed by atoms with van der Waals surface area (Å²) >= 11 is 0. The van der Waals surface area contributed by atoms with Crippen molar-refractivity contribution in [3.8, 4) is 0 Å². The van der Waals surface area contributed by atoms with E-state index < -0.39 is 0 Å². The average Bonchev–Trinajstić information content (AvgIpc) is 2.87. The number of Topliss-reactive ketones (excluding diaryl/α,β-unsaturated/α-hetero) is 1. The van der Waals surface area contributed by atoms with Crippen LogP contribution in [0.3, 0.4) is 0 Å². The summed E-state index contributed by atoms with van der Waals surface area (Å²) in [6.45, 7) is 2.40. The molecule has 0 spiro atoms. The van der Waals surface area contributed by atoms with E-state index in [9.17, 15) is 4.79 Å². The van der Waals surface area contributed by atoms with E-state index in [0.717, 1.165) is 29.5 Å². The van der Waals surface area contributed by atoms with Gasteiger partial charge in [0.05, 0.1) is 17.6 Å². The van der Waals surface area contributed by atoms with E-state index in [1.807, 2.05) is 64.7 Å². The van der Waals surface area contributed by atoms with Crippen LogP contribution in [0.25, 0.3) is 11.0 Å². The summed E-state index contributed by atoms with van der Waals surface area (Å²) in [5.74, 6) is 0.0962. The molecule has 0 unspecified atom stereocenters. The zero-order chi connectivity index (χ0) is 16.4. The minimum atomic E-state index is 0.0962. The summed E-state index contributed by atoms with van der Waals surface area (Å²) in [5, 5.41) is 0. The fourth-order valence-electron chi connectivity index (χ4n) is 2.96. The number of carbonyl (C=O) groups excluding carboxylic acids is 1. The van der Waals surface area contributed by atoms with E-state index in [0.29, 0.717) is 6.54 Å². The fraction of sp³-hybridized carbons (Fsp3) is 0.222. The molecular weight excluding hydrogens is 285 g/mol. The SMILES string of the molecule is CBc1ccc(C(=O)Cn2/c(=N\C)n(C)c3ccccc32)cc1. The maximum Gasteiger partial charge on any atom is 0.205 e. The van der Waals surface area contributed by atoms with E-state index >= 15 is 0 Å². The van der Waals surface area contributed by atoms with Crippen LogP contribution in [-0.2, 0) is 13.6 Å². The van der Waals surface area contributed by atoms with Crippen molar-refractivity contribution >= 4 is 29.6 Å². The lowest BCUT2D eigenvalue weighted by atomic mass is 9.73. The number of ketones is 1. The Labute approximate surface area is 136 Å². The van der Waals surface area contributed by atoms with Gasteiger partial charge in [0.2, 0.25) is 5.62 Å². The first-order valence-electron chi connectivity index (χ1n) is 7.85. The molecule has 0 bridgehead atoms. The van der Waals surface area contributed by atoms with E-state index in [-0.39, 0.29) is 5.78 Å². The van der Waals surface area contributed by atoms with Crippen molar-refractivity contribution < 1.29 is 4.79 Å². The summed E-state index contributed by atoms with van der Waals surface area (Å²) in [7, 11) is 4.71. The van der Waals surface area contributed by atoms with Gasteiger partial charge in [-0.05, 0) is 12.1 Å². The molecule has 0 aliphatic heterocycles. The van der Waals surface area contributed by atoms with Gasteiger partial charge in [0.25, 0.3) is 0 Å². The zero-order valence-corrected chi connectivity index (χ0v) is 13.8. The minimum absolute atomic E-state index is 0.0962. The first-order valence-corrected chi connectivity index (χ1v) is 7.85. The molecule has 1 heterocycles.